The van der Waals surface area contributed by atoms with E-state index in [1.165, 1.54) is 18.2 Å². The highest BCUT2D eigenvalue weighted by atomic mass is 127. The van der Waals surface area contributed by atoms with E-state index < -0.39 is 0 Å². The van der Waals surface area contributed by atoms with Gasteiger partial charge in [0.25, 0.3) is 0 Å². The van der Waals surface area contributed by atoms with Crippen molar-refractivity contribution in [3.05, 3.63) is 57.2 Å². The van der Waals surface area contributed by atoms with Gasteiger partial charge in [-0.15, -0.1) is 11.8 Å². The fraction of sp³-hybridized carbons (Fsp3) is 0.200. The van der Waals surface area contributed by atoms with Crippen LogP contribution in [-0.2, 0) is 0 Å². The number of thioether (sulfide) groups is 1. The first-order chi connectivity index (χ1) is 9.65. The molecular formula is C15H12F2INS. The number of hydrogen-bond donors (Lipinski definition) is 1. The Hall–Kier alpha value is -0.820. The Labute approximate surface area is 134 Å². The first kappa shape index (κ1) is 14.1. The number of hydrogen-bond acceptors (Lipinski definition) is 2. The van der Waals surface area contributed by atoms with Gasteiger partial charge in [-0.05, 0) is 58.8 Å². The number of anilines is 1. The molecule has 0 aromatic heterocycles. The van der Waals surface area contributed by atoms with Crippen molar-refractivity contribution in [1.82, 2.24) is 0 Å². The average molecular weight is 403 g/mol. The monoisotopic (exact) mass is 403 g/mol. The number of rotatable bonds is 2. The van der Waals surface area contributed by atoms with Crippen LogP contribution in [0.2, 0.25) is 0 Å². The number of halogens is 3. The molecule has 0 fully saturated rings. The van der Waals surface area contributed by atoms with Crippen LogP contribution in [0.25, 0.3) is 0 Å². The Bertz CT molecular complexity index is 648. The van der Waals surface area contributed by atoms with E-state index in [2.05, 4.69) is 27.9 Å². The third-order valence-corrected chi connectivity index (χ3v) is 5.34. The maximum absolute atomic E-state index is 13.8. The summed E-state index contributed by atoms with van der Waals surface area (Å²) in [5.74, 6) is 0.474. The fourth-order valence-electron chi connectivity index (χ4n) is 2.33. The molecule has 0 saturated carbocycles. The maximum Gasteiger partial charge on any atom is 0.137 e. The zero-order valence-electron chi connectivity index (χ0n) is 10.5. The van der Waals surface area contributed by atoms with Crippen LogP contribution < -0.4 is 5.32 Å². The molecule has 2 aromatic carbocycles. The van der Waals surface area contributed by atoms with E-state index in [-0.39, 0.29) is 17.7 Å². The predicted octanol–water partition coefficient (Wildman–Crippen LogP) is 5.22. The number of benzene rings is 2. The van der Waals surface area contributed by atoms with Gasteiger partial charge in [-0.2, -0.15) is 0 Å². The van der Waals surface area contributed by atoms with Gasteiger partial charge in [-0.3, -0.25) is 0 Å². The van der Waals surface area contributed by atoms with Gasteiger partial charge in [0.1, 0.15) is 11.6 Å². The van der Waals surface area contributed by atoms with Crippen molar-refractivity contribution in [1.29, 1.82) is 0 Å². The Morgan fingerprint density at radius 1 is 1.20 bits per heavy atom. The zero-order valence-corrected chi connectivity index (χ0v) is 13.5. The molecule has 0 radical (unpaired) electrons. The molecule has 1 unspecified atom stereocenters. The van der Waals surface area contributed by atoms with E-state index in [1.54, 1.807) is 23.9 Å². The number of nitrogens with one attached hydrogen (secondary N) is 1. The first-order valence-corrected chi connectivity index (χ1v) is 8.34. The van der Waals surface area contributed by atoms with Crippen molar-refractivity contribution >= 4 is 40.0 Å². The smallest absolute Gasteiger partial charge is 0.137 e. The third-order valence-electron chi connectivity index (χ3n) is 3.29. The molecule has 3 rings (SSSR count). The minimum atomic E-state index is -0.245. The van der Waals surface area contributed by atoms with Gasteiger partial charge in [-0.25, -0.2) is 8.78 Å². The highest BCUT2D eigenvalue weighted by Crippen LogP contribution is 2.39. The molecule has 1 aliphatic heterocycles. The van der Waals surface area contributed by atoms with E-state index in [1.807, 2.05) is 6.07 Å². The van der Waals surface area contributed by atoms with Crippen molar-refractivity contribution in [2.45, 2.75) is 17.4 Å². The topological polar surface area (TPSA) is 12.0 Å². The molecule has 1 atom stereocenters. The molecule has 0 bridgehead atoms. The Morgan fingerprint density at radius 3 is 2.85 bits per heavy atom. The lowest BCUT2D eigenvalue weighted by atomic mass is 10.0. The van der Waals surface area contributed by atoms with Crippen LogP contribution in [-0.4, -0.2) is 5.75 Å². The maximum atomic E-state index is 13.8. The van der Waals surface area contributed by atoms with Crippen LogP contribution in [0.3, 0.4) is 0 Å². The predicted molar refractivity (Wildman–Crippen MR) is 87.2 cm³/mol. The lowest BCUT2D eigenvalue weighted by Crippen LogP contribution is -2.17. The average Bonchev–Trinajstić information content (AvgIpc) is 2.43. The molecule has 20 heavy (non-hydrogen) atoms. The van der Waals surface area contributed by atoms with Crippen LogP contribution in [0.1, 0.15) is 18.0 Å². The van der Waals surface area contributed by atoms with Crippen LogP contribution in [0.15, 0.2) is 41.3 Å². The Morgan fingerprint density at radius 2 is 2.05 bits per heavy atom. The summed E-state index contributed by atoms with van der Waals surface area (Å²) in [7, 11) is 0. The van der Waals surface area contributed by atoms with Crippen LogP contribution >= 0.6 is 34.4 Å². The van der Waals surface area contributed by atoms with E-state index in [4.69, 9.17) is 0 Å². The summed E-state index contributed by atoms with van der Waals surface area (Å²) in [6, 6.07) is 9.93. The molecule has 0 spiro atoms. The van der Waals surface area contributed by atoms with Gasteiger partial charge >= 0.3 is 0 Å². The van der Waals surface area contributed by atoms with E-state index in [0.29, 0.717) is 0 Å². The quantitative estimate of drug-likeness (QED) is 0.691. The van der Waals surface area contributed by atoms with Gasteiger partial charge in [0.15, 0.2) is 0 Å². The molecule has 1 nitrogen and oxygen atoms in total. The first-order valence-electron chi connectivity index (χ1n) is 6.28. The molecule has 2 aromatic rings. The summed E-state index contributed by atoms with van der Waals surface area (Å²) in [5.41, 5.74) is 1.88. The Kier molecular flexibility index (Phi) is 4.16. The van der Waals surface area contributed by atoms with Gasteiger partial charge in [0.05, 0.1) is 6.04 Å². The second-order valence-electron chi connectivity index (χ2n) is 4.62. The van der Waals surface area contributed by atoms with Crippen LogP contribution in [0.5, 0.6) is 0 Å². The minimum absolute atomic E-state index is 0.0703. The summed E-state index contributed by atoms with van der Waals surface area (Å²) in [5, 5.41) is 3.41. The van der Waals surface area contributed by atoms with Crippen molar-refractivity contribution in [3.8, 4) is 0 Å². The van der Waals surface area contributed by atoms with Crippen LogP contribution in [0.4, 0.5) is 14.5 Å². The molecule has 1 aliphatic rings. The summed E-state index contributed by atoms with van der Waals surface area (Å²) in [6.07, 6.45) is 0.925. The SMILES string of the molecule is Fc1ccc(NC2CCSc3c(F)cccc32)c(I)c1. The standard InChI is InChI=1S/C15H12F2INS/c16-9-4-5-14(12(18)8-9)19-13-6-7-20-15-10(13)2-1-3-11(15)17/h1-5,8,13,19H,6-7H2. The van der Waals surface area contributed by atoms with E-state index >= 15 is 0 Å². The molecular weight excluding hydrogens is 391 g/mol. The molecule has 0 amide bonds. The van der Waals surface area contributed by atoms with Crippen molar-refractivity contribution in [2.75, 3.05) is 11.1 Å². The molecule has 5 heteroatoms. The van der Waals surface area contributed by atoms with Gasteiger partial charge in [-0.1, -0.05) is 12.1 Å². The second-order valence-corrected chi connectivity index (χ2v) is 6.88. The lowest BCUT2D eigenvalue weighted by molar-refractivity contribution is 0.585. The Balaban J connectivity index is 1.91. The van der Waals surface area contributed by atoms with Crippen LogP contribution in [0, 0.1) is 15.2 Å². The van der Waals surface area contributed by atoms with Crippen molar-refractivity contribution in [3.63, 3.8) is 0 Å². The normalized spacial score (nSPS) is 17.6. The second kappa shape index (κ2) is 5.89. The summed E-state index contributed by atoms with van der Waals surface area (Å²) >= 11 is 3.67. The largest absolute Gasteiger partial charge is 0.377 e. The molecule has 1 heterocycles. The van der Waals surface area contributed by atoms with Gasteiger partial charge in [0, 0.05) is 19.9 Å². The van der Waals surface area contributed by atoms with Crippen molar-refractivity contribution < 1.29 is 8.78 Å². The van der Waals surface area contributed by atoms with E-state index in [9.17, 15) is 8.78 Å². The zero-order chi connectivity index (χ0) is 14.1. The minimum Gasteiger partial charge on any atom is -0.377 e. The molecule has 104 valence electrons. The summed E-state index contributed by atoms with van der Waals surface area (Å²) in [6.45, 7) is 0. The number of fused-ring (bicyclic) bond motifs is 1. The van der Waals surface area contributed by atoms with Gasteiger partial charge < -0.3 is 5.32 Å². The summed E-state index contributed by atoms with van der Waals surface area (Å²) < 4.78 is 27.8. The highest BCUT2D eigenvalue weighted by molar-refractivity contribution is 14.1. The van der Waals surface area contributed by atoms with Crippen molar-refractivity contribution in [2.24, 2.45) is 0 Å². The summed E-state index contributed by atoms with van der Waals surface area (Å²) in [4.78, 5) is 0.730. The third kappa shape index (κ3) is 2.79. The lowest BCUT2D eigenvalue weighted by Gasteiger charge is -2.27. The molecule has 0 aliphatic carbocycles. The highest BCUT2D eigenvalue weighted by Gasteiger charge is 2.23. The van der Waals surface area contributed by atoms with Gasteiger partial charge in [0.2, 0.25) is 0 Å². The van der Waals surface area contributed by atoms with E-state index in [0.717, 1.165) is 31.9 Å². The fourth-order valence-corrected chi connectivity index (χ4v) is 4.10. The molecule has 1 N–H and O–H groups in total. The molecule has 0 saturated heterocycles.